The zero-order chi connectivity index (χ0) is 12.3. The van der Waals surface area contributed by atoms with Crippen molar-refractivity contribution in [1.29, 1.82) is 0 Å². The molecule has 0 aromatic rings. The lowest BCUT2D eigenvalue weighted by Crippen LogP contribution is -2.55. The van der Waals surface area contributed by atoms with Crippen LogP contribution >= 0.6 is 0 Å². The third-order valence-corrected chi connectivity index (χ3v) is 4.46. The number of nitrogens with zero attached hydrogens (tertiary/aromatic N) is 2. The average Bonchev–Trinajstić information content (AvgIpc) is 2.11. The Morgan fingerprint density at radius 1 is 1.50 bits per heavy atom. The molecule has 1 aliphatic heterocycles. The maximum Gasteiger partial charge on any atom is 0.304 e. The van der Waals surface area contributed by atoms with Gasteiger partial charge < -0.3 is 10.2 Å². The van der Waals surface area contributed by atoms with Gasteiger partial charge in [0.1, 0.15) is 0 Å². The zero-order valence-corrected chi connectivity index (χ0v) is 9.85. The van der Waals surface area contributed by atoms with E-state index in [4.69, 9.17) is 10.2 Å². The van der Waals surface area contributed by atoms with Crippen LogP contribution in [0.1, 0.15) is 6.42 Å². The number of aliphatic hydroxyl groups is 1. The van der Waals surface area contributed by atoms with Gasteiger partial charge in [-0.05, 0) is 0 Å². The third-order valence-electron chi connectivity index (χ3n) is 2.54. The lowest BCUT2D eigenvalue weighted by molar-refractivity contribution is -0.137. The first-order valence-electron chi connectivity index (χ1n) is 4.92. The fourth-order valence-corrected chi connectivity index (χ4v) is 2.91. The van der Waals surface area contributed by atoms with Gasteiger partial charge in [-0.25, -0.2) is 0 Å². The van der Waals surface area contributed by atoms with Crippen LogP contribution in [-0.4, -0.2) is 66.5 Å². The van der Waals surface area contributed by atoms with E-state index in [2.05, 4.69) is 0 Å². The number of aliphatic carboxylic acids is 1. The molecule has 0 bridgehead atoms. The summed E-state index contributed by atoms with van der Waals surface area (Å²) in [6, 6.07) is 0. The molecule has 1 rings (SSSR count). The molecule has 0 saturated carbocycles. The van der Waals surface area contributed by atoms with Gasteiger partial charge in [0.25, 0.3) is 10.2 Å². The van der Waals surface area contributed by atoms with E-state index >= 15 is 0 Å². The fourth-order valence-electron chi connectivity index (χ4n) is 1.39. The van der Waals surface area contributed by atoms with Crippen LogP contribution in [0.5, 0.6) is 0 Å². The topological polar surface area (TPSA) is 98.2 Å². The van der Waals surface area contributed by atoms with E-state index in [0.717, 1.165) is 4.31 Å². The molecule has 1 fully saturated rings. The van der Waals surface area contributed by atoms with Crippen LogP contribution in [0, 0.1) is 5.92 Å². The summed E-state index contributed by atoms with van der Waals surface area (Å²) < 4.78 is 25.8. The van der Waals surface area contributed by atoms with E-state index in [0.29, 0.717) is 13.1 Å². The molecular formula is C8H16N2O5S. The molecule has 7 nitrogen and oxygen atoms in total. The Bertz CT molecular complexity index is 349. The predicted octanol–water partition coefficient (Wildman–Crippen LogP) is -1.44. The van der Waals surface area contributed by atoms with Crippen LogP contribution < -0.4 is 0 Å². The van der Waals surface area contributed by atoms with Crippen LogP contribution in [0.25, 0.3) is 0 Å². The van der Waals surface area contributed by atoms with Crippen molar-refractivity contribution in [2.24, 2.45) is 5.92 Å². The largest absolute Gasteiger partial charge is 0.481 e. The molecule has 0 radical (unpaired) electrons. The van der Waals surface area contributed by atoms with Crippen LogP contribution in [0.2, 0.25) is 0 Å². The molecule has 0 aliphatic carbocycles. The van der Waals surface area contributed by atoms with E-state index in [1.54, 1.807) is 0 Å². The van der Waals surface area contributed by atoms with Crippen LogP contribution in [0.15, 0.2) is 0 Å². The van der Waals surface area contributed by atoms with Gasteiger partial charge in [0.05, 0.1) is 6.42 Å². The van der Waals surface area contributed by atoms with E-state index < -0.39 is 16.2 Å². The Morgan fingerprint density at radius 3 is 2.50 bits per heavy atom. The predicted molar refractivity (Wildman–Crippen MR) is 56.0 cm³/mol. The number of aliphatic hydroxyl groups excluding tert-OH is 1. The van der Waals surface area contributed by atoms with Gasteiger partial charge >= 0.3 is 5.97 Å². The summed E-state index contributed by atoms with van der Waals surface area (Å²) >= 11 is 0. The van der Waals surface area contributed by atoms with Gasteiger partial charge in [0.2, 0.25) is 0 Å². The maximum atomic E-state index is 11.8. The van der Waals surface area contributed by atoms with E-state index in [9.17, 15) is 13.2 Å². The normalized spacial score (nSPS) is 18.7. The number of carboxylic acid groups (broad SMARTS) is 1. The highest BCUT2D eigenvalue weighted by atomic mass is 32.2. The SMILES string of the molecule is CN(CCC(=O)O)S(=O)(=O)N1CC(CO)C1. The molecule has 0 aromatic carbocycles. The van der Waals surface area contributed by atoms with Crippen molar-refractivity contribution >= 4 is 16.2 Å². The molecule has 94 valence electrons. The minimum Gasteiger partial charge on any atom is -0.481 e. The number of carbonyl (C=O) groups is 1. The summed E-state index contributed by atoms with van der Waals surface area (Å²) in [5.41, 5.74) is 0. The molecule has 0 aromatic heterocycles. The molecule has 8 heteroatoms. The second-order valence-electron chi connectivity index (χ2n) is 3.84. The van der Waals surface area contributed by atoms with Crippen molar-refractivity contribution in [3.63, 3.8) is 0 Å². The van der Waals surface area contributed by atoms with Gasteiger partial charge in [-0.3, -0.25) is 4.79 Å². The van der Waals surface area contributed by atoms with Gasteiger partial charge in [-0.1, -0.05) is 0 Å². The number of rotatable bonds is 6. The quantitative estimate of drug-likeness (QED) is 0.603. The molecule has 1 aliphatic rings. The summed E-state index contributed by atoms with van der Waals surface area (Å²) in [5.74, 6) is -1.03. The molecular weight excluding hydrogens is 236 g/mol. The van der Waals surface area contributed by atoms with E-state index in [-0.39, 0.29) is 25.5 Å². The van der Waals surface area contributed by atoms with Crippen molar-refractivity contribution in [2.75, 3.05) is 33.3 Å². The molecule has 0 amide bonds. The fraction of sp³-hybridized carbons (Fsp3) is 0.875. The van der Waals surface area contributed by atoms with E-state index in [1.807, 2.05) is 0 Å². The van der Waals surface area contributed by atoms with E-state index in [1.165, 1.54) is 11.4 Å². The molecule has 0 spiro atoms. The standard InChI is InChI=1S/C8H16N2O5S/c1-9(3-2-8(12)13)16(14,15)10-4-7(5-10)6-11/h7,11H,2-6H2,1H3,(H,12,13). The molecule has 0 unspecified atom stereocenters. The Kier molecular flexibility index (Phi) is 4.25. The smallest absolute Gasteiger partial charge is 0.304 e. The lowest BCUT2D eigenvalue weighted by atomic mass is 10.1. The summed E-state index contributed by atoms with van der Waals surface area (Å²) in [6.07, 6.45) is -0.215. The first-order valence-corrected chi connectivity index (χ1v) is 6.31. The third kappa shape index (κ3) is 2.91. The number of carboxylic acids is 1. The Labute approximate surface area is 94.5 Å². The van der Waals surface area contributed by atoms with Crippen molar-refractivity contribution in [1.82, 2.24) is 8.61 Å². The summed E-state index contributed by atoms with van der Waals surface area (Å²) in [6.45, 7) is 0.537. The van der Waals surface area contributed by atoms with Crippen molar-refractivity contribution < 1.29 is 23.4 Å². The van der Waals surface area contributed by atoms with Gasteiger partial charge in [0, 0.05) is 39.2 Å². The lowest BCUT2D eigenvalue weighted by Gasteiger charge is -2.39. The molecule has 1 heterocycles. The summed E-state index contributed by atoms with van der Waals surface area (Å²) in [4.78, 5) is 10.3. The second kappa shape index (κ2) is 5.09. The first-order chi connectivity index (χ1) is 7.37. The minimum atomic E-state index is -3.55. The van der Waals surface area contributed by atoms with Gasteiger partial charge in [0.15, 0.2) is 0 Å². The Morgan fingerprint density at radius 2 is 2.06 bits per heavy atom. The van der Waals surface area contributed by atoms with Crippen LogP contribution in [0.3, 0.4) is 0 Å². The van der Waals surface area contributed by atoms with Gasteiger partial charge in [-0.2, -0.15) is 17.0 Å². The van der Waals surface area contributed by atoms with Crippen LogP contribution in [0.4, 0.5) is 0 Å². The molecule has 0 atom stereocenters. The maximum absolute atomic E-state index is 11.8. The highest BCUT2D eigenvalue weighted by Crippen LogP contribution is 2.20. The number of hydrogen-bond acceptors (Lipinski definition) is 4. The highest BCUT2D eigenvalue weighted by Gasteiger charge is 2.37. The molecule has 1 saturated heterocycles. The Hall–Kier alpha value is -0.700. The first kappa shape index (κ1) is 13.4. The Balaban J connectivity index is 2.48. The van der Waals surface area contributed by atoms with Crippen molar-refractivity contribution in [2.45, 2.75) is 6.42 Å². The zero-order valence-electron chi connectivity index (χ0n) is 9.03. The summed E-state index contributed by atoms with van der Waals surface area (Å²) in [7, 11) is -2.20. The second-order valence-corrected chi connectivity index (χ2v) is 5.87. The monoisotopic (exact) mass is 252 g/mol. The van der Waals surface area contributed by atoms with Gasteiger partial charge in [-0.15, -0.1) is 0 Å². The summed E-state index contributed by atoms with van der Waals surface area (Å²) in [5, 5.41) is 17.2. The van der Waals surface area contributed by atoms with Crippen molar-refractivity contribution in [3.8, 4) is 0 Å². The average molecular weight is 252 g/mol. The molecule has 16 heavy (non-hydrogen) atoms. The minimum absolute atomic E-state index is 0.00245. The van der Waals surface area contributed by atoms with Crippen LogP contribution in [-0.2, 0) is 15.0 Å². The molecule has 2 N–H and O–H groups in total. The number of hydrogen-bond donors (Lipinski definition) is 2. The highest BCUT2D eigenvalue weighted by molar-refractivity contribution is 7.86. The van der Waals surface area contributed by atoms with Crippen molar-refractivity contribution in [3.05, 3.63) is 0 Å².